The van der Waals surface area contributed by atoms with E-state index in [-0.39, 0.29) is 11.8 Å². The van der Waals surface area contributed by atoms with Crippen molar-refractivity contribution < 1.29 is 17.9 Å². The molecule has 1 fully saturated rings. The molecule has 0 saturated carbocycles. The Bertz CT molecular complexity index is 456. The molecule has 1 aliphatic rings. The molecule has 0 aromatic heterocycles. The summed E-state index contributed by atoms with van der Waals surface area (Å²) in [5.41, 5.74) is 0.356. The minimum absolute atomic E-state index is 0.155. The Kier molecular flexibility index (Phi) is 4.96. The highest BCUT2D eigenvalue weighted by Gasteiger charge is 2.35. The summed E-state index contributed by atoms with van der Waals surface area (Å²) in [5.74, 6) is 0. The van der Waals surface area contributed by atoms with Gasteiger partial charge in [-0.25, -0.2) is 0 Å². The Balaban J connectivity index is 2.27. The number of piperidine rings is 1. The second-order valence-electron chi connectivity index (χ2n) is 4.91. The van der Waals surface area contributed by atoms with Gasteiger partial charge < -0.3 is 9.64 Å². The molecule has 1 aromatic rings. The number of ether oxygens (including phenoxy) is 1. The van der Waals surface area contributed by atoms with E-state index in [0.717, 1.165) is 12.8 Å². The van der Waals surface area contributed by atoms with Crippen LogP contribution in [0.2, 0.25) is 0 Å². The Morgan fingerprint density at radius 1 is 1.30 bits per heavy atom. The molecule has 1 aromatic carbocycles. The van der Waals surface area contributed by atoms with E-state index in [2.05, 4.69) is 15.9 Å². The van der Waals surface area contributed by atoms with Gasteiger partial charge in [-0.05, 0) is 30.5 Å². The van der Waals surface area contributed by atoms with Crippen LogP contribution in [0.25, 0.3) is 0 Å². The summed E-state index contributed by atoms with van der Waals surface area (Å²) < 4.78 is 44.8. The molecule has 0 amide bonds. The molecule has 1 heterocycles. The van der Waals surface area contributed by atoms with Gasteiger partial charge in [0.2, 0.25) is 0 Å². The van der Waals surface area contributed by atoms with Crippen LogP contribution in [-0.4, -0.2) is 26.3 Å². The number of alkyl halides is 4. The summed E-state index contributed by atoms with van der Waals surface area (Å²) in [6.07, 6.45) is -2.66. The highest BCUT2D eigenvalue weighted by molar-refractivity contribution is 9.08. The molecule has 0 N–H and O–H groups in total. The fourth-order valence-electron chi connectivity index (χ4n) is 2.50. The molecular weight excluding hydrogens is 335 g/mol. The standard InChI is InChI=1S/C14H17BrF3NO/c1-20-11-4-6-19(7-5-11)13-3-2-10(9-15)8-12(13)14(16,17)18/h2-3,8,11H,4-7,9H2,1H3. The quantitative estimate of drug-likeness (QED) is 0.756. The summed E-state index contributed by atoms with van der Waals surface area (Å²) in [4.78, 5) is 1.80. The SMILES string of the molecule is COC1CCN(c2ccc(CBr)cc2C(F)(F)F)CC1. The zero-order chi connectivity index (χ0) is 14.8. The van der Waals surface area contributed by atoms with E-state index >= 15 is 0 Å². The largest absolute Gasteiger partial charge is 0.418 e. The summed E-state index contributed by atoms with van der Waals surface area (Å²) in [6.45, 7) is 1.19. The molecule has 0 aliphatic carbocycles. The summed E-state index contributed by atoms with van der Waals surface area (Å²) in [7, 11) is 1.65. The molecule has 1 saturated heterocycles. The highest BCUT2D eigenvalue weighted by atomic mass is 79.9. The van der Waals surface area contributed by atoms with E-state index in [1.165, 1.54) is 6.07 Å². The van der Waals surface area contributed by atoms with Crippen molar-refractivity contribution in [3.05, 3.63) is 29.3 Å². The first-order valence-electron chi connectivity index (χ1n) is 6.49. The first-order valence-corrected chi connectivity index (χ1v) is 7.61. The molecule has 0 atom stereocenters. The number of nitrogens with zero attached hydrogens (tertiary/aromatic N) is 1. The third-order valence-corrected chi connectivity index (χ3v) is 4.28. The average Bonchev–Trinajstić information content (AvgIpc) is 2.46. The van der Waals surface area contributed by atoms with Gasteiger partial charge in [0.1, 0.15) is 0 Å². The minimum atomic E-state index is -4.33. The van der Waals surface area contributed by atoms with E-state index in [9.17, 15) is 13.2 Å². The van der Waals surface area contributed by atoms with Gasteiger partial charge in [-0.3, -0.25) is 0 Å². The summed E-state index contributed by atoms with van der Waals surface area (Å²) in [5, 5.41) is 0.419. The Morgan fingerprint density at radius 3 is 2.45 bits per heavy atom. The molecule has 112 valence electrons. The molecule has 2 nitrogen and oxygen atoms in total. The number of hydrogen-bond acceptors (Lipinski definition) is 2. The number of hydrogen-bond donors (Lipinski definition) is 0. The van der Waals surface area contributed by atoms with Gasteiger partial charge in [0.25, 0.3) is 0 Å². The summed E-state index contributed by atoms with van der Waals surface area (Å²) in [6, 6.07) is 4.54. The Hall–Kier alpha value is -0.750. The van der Waals surface area contributed by atoms with Gasteiger partial charge in [0.05, 0.1) is 11.7 Å². The maximum Gasteiger partial charge on any atom is 0.418 e. The maximum atomic E-state index is 13.2. The van der Waals surface area contributed by atoms with Crippen molar-refractivity contribution in [2.75, 3.05) is 25.1 Å². The molecule has 20 heavy (non-hydrogen) atoms. The molecule has 6 heteroatoms. The van der Waals surface area contributed by atoms with Crippen LogP contribution in [0.4, 0.5) is 18.9 Å². The second-order valence-corrected chi connectivity index (χ2v) is 5.47. The zero-order valence-corrected chi connectivity index (χ0v) is 12.8. The smallest absolute Gasteiger partial charge is 0.381 e. The van der Waals surface area contributed by atoms with Crippen molar-refractivity contribution in [1.82, 2.24) is 0 Å². The van der Waals surface area contributed by atoms with Gasteiger partial charge >= 0.3 is 6.18 Å². The number of rotatable bonds is 3. The normalized spacial score (nSPS) is 17.6. The van der Waals surface area contributed by atoms with E-state index in [1.54, 1.807) is 24.1 Å². The third-order valence-electron chi connectivity index (χ3n) is 3.64. The third kappa shape index (κ3) is 3.47. The maximum absolute atomic E-state index is 13.2. The predicted octanol–water partition coefficient (Wildman–Crippen LogP) is 4.22. The summed E-state index contributed by atoms with van der Waals surface area (Å²) >= 11 is 3.20. The number of benzene rings is 1. The van der Waals surface area contributed by atoms with Crippen LogP contribution in [0.3, 0.4) is 0 Å². The monoisotopic (exact) mass is 351 g/mol. The van der Waals surface area contributed by atoms with Gasteiger partial charge in [-0.15, -0.1) is 0 Å². The minimum Gasteiger partial charge on any atom is -0.381 e. The molecule has 0 spiro atoms. The molecular formula is C14H17BrF3NO. The lowest BCUT2D eigenvalue weighted by Gasteiger charge is -2.34. The van der Waals surface area contributed by atoms with Crippen molar-refractivity contribution in [2.24, 2.45) is 0 Å². The van der Waals surface area contributed by atoms with Gasteiger partial charge in [-0.2, -0.15) is 13.2 Å². The van der Waals surface area contributed by atoms with E-state index in [1.807, 2.05) is 0 Å². The lowest BCUT2D eigenvalue weighted by Crippen LogP contribution is -2.37. The fraction of sp³-hybridized carbons (Fsp3) is 0.571. The van der Waals surface area contributed by atoms with Crippen LogP contribution in [0.15, 0.2) is 18.2 Å². The van der Waals surface area contributed by atoms with Gasteiger partial charge in [0.15, 0.2) is 0 Å². The highest BCUT2D eigenvalue weighted by Crippen LogP contribution is 2.38. The molecule has 0 bridgehead atoms. The van der Waals surface area contributed by atoms with Crippen LogP contribution in [0.5, 0.6) is 0 Å². The topological polar surface area (TPSA) is 12.5 Å². The van der Waals surface area contributed by atoms with Crippen LogP contribution >= 0.6 is 15.9 Å². The van der Waals surface area contributed by atoms with E-state index in [0.29, 0.717) is 24.0 Å². The van der Waals surface area contributed by atoms with Crippen molar-refractivity contribution in [3.63, 3.8) is 0 Å². The van der Waals surface area contributed by atoms with Gasteiger partial charge in [0, 0.05) is 31.2 Å². The van der Waals surface area contributed by atoms with Crippen LogP contribution in [0.1, 0.15) is 24.0 Å². The van der Waals surface area contributed by atoms with Crippen LogP contribution in [0, 0.1) is 0 Å². The van der Waals surface area contributed by atoms with Crippen LogP contribution < -0.4 is 4.90 Å². The Labute approximate surface area is 125 Å². The molecule has 0 unspecified atom stereocenters. The fourth-order valence-corrected chi connectivity index (χ4v) is 2.85. The molecule has 2 rings (SSSR count). The first kappa shape index (κ1) is 15.6. The number of halogens is 4. The van der Waals surface area contributed by atoms with Crippen LogP contribution in [-0.2, 0) is 16.2 Å². The van der Waals surface area contributed by atoms with Crippen molar-refractivity contribution >= 4 is 21.6 Å². The number of methoxy groups -OCH3 is 1. The van der Waals surface area contributed by atoms with Crippen molar-refractivity contribution in [1.29, 1.82) is 0 Å². The Morgan fingerprint density at radius 2 is 1.95 bits per heavy atom. The zero-order valence-electron chi connectivity index (χ0n) is 11.2. The van der Waals surface area contributed by atoms with Gasteiger partial charge in [-0.1, -0.05) is 22.0 Å². The average molecular weight is 352 g/mol. The van der Waals surface area contributed by atoms with E-state index < -0.39 is 11.7 Å². The number of anilines is 1. The predicted molar refractivity (Wildman–Crippen MR) is 76.3 cm³/mol. The lowest BCUT2D eigenvalue weighted by molar-refractivity contribution is -0.137. The second kappa shape index (κ2) is 6.35. The first-order chi connectivity index (χ1) is 9.45. The van der Waals surface area contributed by atoms with E-state index in [4.69, 9.17) is 4.74 Å². The molecule has 1 aliphatic heterocycles. The van der Waals surface area contributed by atoms with Crippen molar-refractivity contribution in [3.8, 4) is 0 Å². The lowest BCUT2D eigenvalue weighted by atomic mass is 10.0. The van der Waals surface area contributed by atoms with Crippen molar-refractivity contribution in [2.45, 2.75) is 30.5 Å². The molecule has 0 radical (unpaired) electrons.